The first kappa shape index (κ1) is 14.4. The van der Waals surface area contributed by atoms with E-state index >= 15 is 0 Å². The lowest BCUT2D eigenvalue weighted by atomic mass is 10.0. The molecule has 1 aromatic carbocycles. The van der Waals surface area contributed by atoms with Crippen LogP contribution < -0.4 is 0 Å². The van der Waals surface area contributed by atoms with Crippen LogP contribution in [0.15, 0.2) is 71.0 Å². The molecule has 2 aromatic rings. The first-order valence-electron chi connectivity index (χ1n) is 7.65. The molecule has 1 aliphatic carbocycles. The summed E-state index contributed by atoms with van der Waals surface area (Å²) in [5, 5.41) is 12.8. The van der Waals surface area contributed by atoms with Crippen LogP contribution in [0.25, 0.3) is 6.08 Å². The van der Waals surface area contributed by atoms with Crippen LogP contribution in [0.1, 0.15) is 37.0 Å². The lowest BCUT2D eigenvalue weighted by Gasteiger charge is -2.14. The van der Waals surface area contributed by atoms with E-state index in [1.54, 1.807) is 6.26 Å². The third-order valence-electron chi connectivity index (χ3n) is 3.76. The molecule has 0 aliphatic heterocycles. The second-order valence-electron chi connectivity index (χ2n) is 5.34. The number of allylic oxidation sites excluding steroid dienone is 3. The molecule has 22 heavy (non-hydrogen) atoms. The summed E-state index contributed by atoms with van der Waals surface area (Å²) >= 11 is 0. The van der Waals surface area contributed by atoms with Crippen molar-refractivity contribution in [3.8, 4) is 0 Å². The molecule has 0 N–H and O–H groups in total. The van der Waals surface area contributed by atoms with E-state index in [-0.39, 0.29) is 0 Å². The molecule has 3 nitrogen and oxygen atoms in total. The predicted octanol–water partition coefficient (Wildman–Crippen LogP) is 4.75. The van der Waals surface area contributed by atoms with Gasteiger partial charge in [0.25, 0.3) is 0 Å². The summed E-state index contributed by atoms with van der Waals surface area (Å²) in [5.41, 5.74) is 2.41. The molecule has 0 saturated carbocycles. The number of hydrogen-bond acceptors (Lipinski definition) is 2. The zero-order valence-electron chi connectivity index (χ0n) is 12.4. The van der Waals surface area contributed by atoms with Crippen LogP contribution in [0.3, 0.4) is 0 Å². The summed E-state index contributed by atoms with van der Waals surface area (Å²) in [5.74, 6) is 0.736. The minimum absolute atomic E-state index is 0.644. The maximum absolute atomic E-state index is 12.8. The van der Waals surface area contributed by atoms with Crippen LogP contribution in [-0.4, -0.2) is 10.5 Å². The molecule has 0 fully saturated rings. The van der Waals surface area contributed by atoms with Gasteiger partial charge in [-0.3, -0.25) is 0 Å². The van der Waals surface area contributed by atoms with Gasteiger partial charge >= 0.3 is 0 Å². The maximum atomic E-state index is 12.8. The van der Waals surface area contributed by atoms with Gasteiger partial charge in [-0.2, -0.15) is 4.74 Å². The van der Waals surface area contributed by atoms with Gasteiger partial charge in [0.1, 0.15) is 5.76 Å². The van der Waals surface area contributed by atoms with Crippen molar-refractivity contribution in [2.75, 3.05) is 0 Å². The van der Waals surface area contributed by atoms with Gasteiger partial charge in [-0.1, -0.05) is 18.2 Å². The largest absolute Gasteiger partial charge is 0.618 e. The van der Waals surface area contributed by atoms with E-state index in [9.17, 15) is 5.21 Å². The Morgan fingerprint density at radius 3 is 2.64 bits per heavy atom. The Hall–Kier alpha value is -2.55. The van der Waals surface area contributed by atoms with Gasteiger partial charge in [-0.15, -0.1) is 0 Å². The Kier molecular flexibility index (Phi) is 4.54. The average Bonchev–Trinajstić information content (AvgIpc) is 3.10. The number of rotatable bonds is 4. The molecule has 0 spiro atoms. The number of nitrogens with zero attached hydrogens (tertiary/aromatic N) is 1. The van der Waals surface area contributed by atoms with E-state index in [1.165, 1.54) is 6.42 Å². The number of benzene rings is 1. The van der Waals surface area contributed by atoms with Crippen molar-refractivity contribution in [1.82, 2.24) is 0 Å². The molecule has 112 valence electrons. The highest BCUT2D eigenvalue weighted by Crippen LogP contribution is 2.19. The van der Waals surface area contributed by atoms with E-state index in [1.807, 2.05) is 54.6 Å². The molecule has 3 rings (SSSR count). The third-order valence-corrected chi connectivity index (χ3v) is 3.76. The van der Waals surface area contributed by atoms with Crippen molar-refractivity contribution in [1.29, 1.82) is 0 Å². The van der Waals surface area contributed by atoms with Crippen molar-refractivity contribution in [2.45, 2.75) is 25.7 Å². The Morgan fingerprint density at radius 1 is 1.09 bits per heavy atom. The van der Waals surface area contributed by atoms with Gasteiger partial charge in [0.15, 0.2) is 5.70 Å². The molecule has 0 radical (unpaired) electrons. The SMILES string of the molecule is [O-]/[N+](C1=CCCCC1)=C(/C=C/c1ccco1)c1ccccc1. The highest BCUT2D eigenvalue weighted by molar-refractivity contribution is 6.07. The quantitative estimate of drug-likeness (QED) is 0.353. The molecule has 1 aliphatic rings. The smallest absolute Gasteiger partial charge is 0.224 e. The lowest BCUT2D eigenvalue weighted by molar-refractivity contribution is -0.404. The van der Waals surface area contributed by atoms with Crippen LogP contribution in [-0.2, 0) is 0 Å². The van der Waals surface area contributed by atoms with Crippen molar-refractivity contribution in [3.63, 3.8) is 0 Å². The topological polar surface area (TPSA) is 39.2 Å². The van der Waals surface area contributed by atoms with Gasteiger partial charge in [0, 0.05) is 18.1 Å². The van der Waals surface area contributed by atoms with Crippen LogP contribution in [0.4, 0.5) is 0 Å². The zero-order valence-corrected chi connectivity index (χ0v) is 12.4. The van der Waals surface area contributed by atoms with Crippen molar-refractivity contribution < 1.29 is 9.16 Å². The first-order valence-corrected chi connectivity index (χ1v) is 7.65. The van der Waals surface area contributed by atoms with E-state index < -0.39 is 0 Å². The molecule has 1 aromatic heterocycles. The average molecular weight is 293 g/mol. The molecule has 0 bridgehead atoms. The fourth-order valence-electron chi connectivity index (χ4n) is 2.60. The van der Waals surface area contributed by atoms with E-state index in [0.29, 0.717) is 5.71 Å². The summed E-state index contributed by atoms with van der Waals surface area (Å²) < 4.78 is 6.37. The van der Waals surface area contributed by atoms with Gasteiger partial charge in [-0.25, -0.2) is 0 Å². The Labute approximate surface area is 130 Å². The molecule has 0 amide bonds. The maximum Gasteiger partial charge on any atom is 0.224 e. The molecular formula is C19H19NO2. The molecule has 0 unspecified atom stereocenters. The van der Waals surface area contributed by atoms with E-state index in [2.05, 4.69) is 6.08 Å². The van der Waals surface area contributed by atoms with Gasteiger partial charge in [0.2, 0.25) is 5.71 Å². The fraction of sp³-hybridized carbons (Fsp3) is 0.211. The van der Waals surface area contributed by atoms with E-state index in [4.69, 9.17) is 4.42 Å². The first-order chi connectivity index (χ1) is 10.8. The standard InChI is InChI=1S/C19H19NO2/c21-20(17-10-5-2-6-11-17)19(16-8-3-1-4-9-16)14-13-18-12-7-15-22-18/h1,3-4,7-10,12-15H,2,5-6,11H2/b14-13+,20-19-. The van der Waals surface area contributed by atoms with Crippen molar-refractivity contribution >= 4 is 11.8 Å². The Morgan fingerprint density at radius 2 is 1.95 bits per heavy atom. The second-order valence-corrected chi connectivity index (χ2v) is 5.34. The lowest BCUT2D eigenvalue weighted by Crippen LogP contribution is -2.16. The van der Waals surface area contributed by atoms with Gasteiger partial charge < -0.3 is 9.62 Å². The fourth-order valence-corrected chi connectivity index (χ4v) is 2.60. The van der Waals surface area contributed by atoms with Crippen LogP contribution in [0.5, 0.6) is 0 Å². The predicted molar refractivity (Wildman–Crippen MR) is 88.5 cm³/mol. The molecule has 0 saturated heterocycles. The molecule has 0 atom stereocenters. The summed E-state index contributed by atoms with van der Waals surface area (Å²) in [6.45, 7) is 0. The van der Waals surface area contributed by atoms with Crippen LogP contribution in [0, 0.1) is 5.21 Å². The summed E-state index contributed by atoms with van der Waals surface area (Å²) in [4.78, 5) is 0. The summed E-state index contributed by atoms with van der Waals surface area (Å²) in [6, 6.07) is 13.4. The Bertz CT molecular complexity index is 694. The van der Waals surface area contributed by atoms with Gasteiger partial charge in [0.05, 0.1) is 6.26 Å². The number of furan rings is 1. The van der Waals surface area contributed by atoms with Crippen LogP contribution in [0.2, 0.25) is 0 Å². The minimum Gasteiger partial charge on any atom is -0.618 e. The van der Waals surface area contributed by atoms with Crippen LogP contribution >= 0.6 is 0 Å². The van der Waals surface area contributed by atoms with Crippen molar-refractivity contribution in [2.24, 2.45) is 0 Å². The Balaban J connectivity index is 2.00. The van der Waals surface area contributed by atoms with E-state index in [0.717, 1.165) is 41.0 Å². The second kappa shape index (κ2) is 6.94. The molecular weight excluding hydrogens is 274 g/mol. The number of hydrogen-bond donors (Lipinski definition) is 0. The molecule has 3 heteroatoms. The minimum atomic E-state index is 0.644. The molecule has 1 heterocycles. The highest BCUT2D eigenvalue weighted by Gasteiger charge is 2.16. The monoisotopic (exact) mass is 293 g/mol. The summed E-state index contributed by atoms with van der Waals surface area (Å²) in [7, 11) is 0. The summed E-state index contributed by atoms with van der Waals surface area (Å²) in [6.07, 6.45) is 11.4. The highest BCUT2D eigenvalue weighted by atomic mass is 16.5. The number of hydroxylamine groups is 1. The zero-order chi connectivity index (χ0) is 15.2. The third kappa shape index (κ3) is 3.37. The van der Waals surface area contributed by atoms with Crippen molar-refractivity contribution in [3.05, 3.63) is 83.1 Å². The van der Waals surface area contributed by atoms with Gasteiger partial charge in [-0.05, 0) is 55.7 Å². The normalized spacial score (nSPS) is 16.5.